The van der Waals surface area contributed by atoms with Gasteiger partial charge in [-0.25, -0.2) is 9.97 Å². The predicted octanol–water partition coefficient (Wildman–Crippen LogP) is 4.09. The van der Waals surface area contributed by atoms with Crippen molar-refractivity contribution in [3.8, 4) is 11.5 Å². The maximum absolute atomic E-state index is 13.5. The molecule has 3 saturated heterocycles. The van der Waals surface area contributed by atoms with Crippen LogP contribution in [0.3, 0.4) is 0 Å². The van der Waals surface area contributed by atoms with E-state index in [0.29, 0.717) is 90.6 Å². The summed E-state index contributed by atoms with van der Waals surface area (Å²) in [6.07, 6.45) is 1.95. The van der Waals surface area contributed by atoms with Crippen molar-refractivity contribution >= 4 is 34.2 Å². The highest BCUT2D eigenvalue weighted by Crippen LogP contribution is 2.40. The number of aryl methyl sites for hydroxylation is 1. The number of amides is 2. The van der Waals surface area contributed by atoms with Gasteiger partial charge in [0.1, 0.15) is 36.4 Å². The fourth-order valence-electron chi connectivity index (χ4n) is 8.60. The van der Waals surface area contributed by atoms with E-state index in [1.54, 1.807) is 38.1 Å². The van der Waals surface area contributed by atoms with Crippen LogP contribution in [-0.4, -0.2) is 104 Å². The topological polar surface area (TPSA) is 208 Å². The van der Waals surface area contributed by atoms with Gasteiger partial charge in [-0.1, -0.05) is 18.6 Å². The number of aliphatic hydroxyl groups is 3. The van der Waals surface area contributed by atoms with Crippen molar-refractivity contribution in [2.45, 2.75) is 102 Å². The molecule has 15 nitrogen and oxygen atoms in total. The van der Waals surface area contributed by atoms with Crippen molar-refractivity contribution in [2.24, 2.45) is 11.8 Å². The molecule has 0 saturated carbocycles. The molecule has 3 aromatic rings. The van der Waals surface area contributed by atoms with Crippen LogP contribution in [0.5, 0.6) is 11.5 Å². The molecule has 7 rings (SSSR count). The summed E-state index contributed by atoms with van der Waals surface area (Å²) in [5.41, 5.74) is 6.57. The third kappa shape index (κ3) is 9.32. The number of imide groups is 1. The second-order valence-corrected chi connectivity index (χ2v) is 16.0. The van der Waals surface area contributed by atoms with Gasteiger partial charge in [0.15, 0.2) is 11.5 Å². The number of aliphatic hydroxyl groups excluding tert-OH is 3. The minimum atomic E-state index is -4.55. The molecule has 1 aromatic heterocycles. The molecule has 0 radical (unpaired) electrons. The quantitative estimate of drug-likeness (QED) is 0.0655. The molecule has 4 aliphatic rings. The second kappa shape index (κ2) is 17.9. The molecule has 0 spiro atoms. The predicted molar refractivity (Wildman–Crippen MR) is 216 cm³/mol. The summed E-state index contributed by atoms with van der Waals surface area (Å²) < 4.78 is 52.7. The normalized spacial score (nSPS) is 25.6. The number of halogens is 3. The Hall–Kier alpha value is -5.01. The molecule has 3 aliphatic heterocycles. The molecular formula is C42H53F3N8O7. The van der Waals surface area contributed by atoms with E-state index in [1.165, 1.54) is 13.2 Å². The fourth-order valence-corrected chi connectivity index (χ4v) is 8.60. The summed E-state index contributed by atoms with van der Waals surface area (Å²) in [5.74, 6) is -0.264. The van der Waals surface area contributed by atoms with Gasteiger partial charge in [-0.15, -0.1) is 0 Å². The Labute approximate surface area is 345 Å². The molecule has 1 aliphatic carbocycles. The Morgan fingerprint density at radius 1 is 1.03 bits per heavy atom. The molecule has 3 fully saturated rings. The molecular weight excluding hydrogens is 786 g/mol. The van der Waals surface area contributed by atoms with Crippen molar-refractivity contribution in [1.29, 1.82) is 0 Å². The van der Waals surface area contributed by atoms with Gasteiger partial charge in [-0.2, -0.15) is 13.2 Å². The zero-order valence-electron chi connectivity index (χ0n) is 33.8. The number of carbonyl (C=O) groups excluding carboxylic acids is 2. The lowest BCUT2D eigenvalue weighted by molar-refractivity contribution is -0.149. The fraction of sp³-hybridized carbons (Fsp3) is 0.524. The number of nitrogen functional groups attached to an aromatic ring is 1. The lowest BCUT2D eigenvalue weighted by Crippen LogP contribution is -2.58. The standard InChI is InChI=1S/C42H53F3N8O7/c1-22(24-16-25(42(43,44)45)18-26(46)17-24)48-38-29-19-34(33(59-3)20-31(29)49-23(2)50-38)60-27-13-15-52(21-27)36(55)10-5-4-6-14-47-30-9-7-8-28-37(30)41(58)53(40(28)57)32-11-12-35(54)51-39(32)56/h7-9,16-20,22,27-28,32,35-37,39,47,51,54-56H,4-6,10-15,21,46H2,1-3H3,(H,48,49,50)/t22-,27+,28?,32?,35?,36?,37?,39?/m1/s1. The first-order valence-corrected chi connectivity index (χ1v) is 20.4. The van der Waals surface area contributed by atoms with E-state index in [9.17, 15) is 38.1 Å². The van der Waals surface area contributed by atoms with Crippen LogP contribution in [0, 0.1) is 18.8 Å². The van der Waals surface area contributed by atoms with E-state index in [4.69, 9.17) is 15.2 Å². The van der Waals surface area contributed by atoms with Crippen LogP contribution in [0.25, 0.3) is 10.9 Å². The molecule has 2 aromatic carbocycles. The van der Waals surface area contributed by atoms with Gasteiger partial charge in [0.2, 0.25) is 11.8 Å². The van der Waals surface area contributed by atoms with Crippen LogP contribution >= 0.6 is 0 Å². The number of allylic oxidation sites excluding steroid dienone is 2. The smallest absolute Gasteiger partial charge is 0.416 e. The van der Waals surface area contributed by atoms with Crippen molar-refractivity contribution in [2.75, 3.05) is 37.8 Å². The van der Waals surface area contributed by atoms with Gasteiger partial charge in [0, 0.05) is 42.5 Å². The summed E-state index contributed by atoms with van der Waals surface area (Å²) >= 11 is 0. The molecule has 4 heterocycles. The number of methoxy groups -OCH3 is 1. The summed E-state index contributed by atoms with van der Waals surface area (Å²) in [7, 11) is 1.53. The summed E-state index contributed by atoms with van der Waals surface area (Å²) in [6, 6.07) is 5.64. The summed E-state index contributed by atoms with van der Waals surface area (Å²) in [5, 5.41) is 41.1. The maximum atomic E-state index is 13.5. The number of nitrogens with two attached hydrogens (primary N) is 1. The van der Waals surface area contributed by atoms with Gasteiger partial charge in [0.05, 0.1) is 42.1 Å². The Morgan fingerprint density at radius 2 is 1.83 bits per heavy atom. The minimum absolute atomic E-state index is 0.00125. The first-order valence-electron chi connectivity index (χ1n) is 20.4. The average molecular weight is 839 g/mol. The van der Waals surface area contributed by atoms with Gasteiger partial charge >= 0.3 is 6.18 Å². The van der Waals surface area contributed by atoms with E-state index in [2.05, 4.69) is 25.9 Å². The number of ether oxygens (including phenoxy) is 2. The van der Waals surface area contributed by atoms with Crippen LogP contribution in [0.2, 0.25) is 0 Å². The second-order valence-electron chi connectivity index (χ2n) is 16.0. The maximum Gasteiger partial charge on any atom is 0.416 e. The number of fused-ring (bicyclic) bond motifs is 2. The summed E-state index contributed by atoms with van der Waals surface area (Å²) in [4.78, 5) is 39.0. The lowest BCUT2D eigenvalue weighted by Gasteiger charge is -2.36. The van der Waals surface area contributed by atoms with Crippen LogP contribution < -0.4 is 31.2 Å². The van der Waals surface area contributed by atoms with Gasteiger partial charge in [0.25, 0.3) is 0 Å². The SMILES string of the molecule is COc1cc2nc(C)nc(N[C@H](C)c3cc(N)cc(C(F)(F)F)c3)c2cc1O[C@H]1CCN(C(O)CCCCCNC2=CC=CC3C(=O)N(C4CCC(O)NC4O)C(=O)C23)C1. The van der Waals surface area contributed by atoms with E-state index in [1.807, 2.05) is 11.0 Å². The molecule has 324 valence electrons. The first kappa shape index (κ1) is 43.1. The highest BCUT2D eigenvalue weighted by molar-refractivity contribution is 6.08. The number of nitrogens with one attached hydrogen (secondary N) is 3. The van der Waals surface area contributed by atoms with Crippen molar-refractivity contribution in [3.63, 3.8) is 0 Å². The number of alkyl halides is 3. The van der Waals surface area contributed by atoms with Gasteiger partial charge in [-0.05, 0) is 88.3 Å². The average Bonchev–Trinajstić information content (AvgIpc) is 3.77. The molecule has 0 bridgehead atoms. The number of aromatic nitrogens is 2. The number of hydrogen-bond acceptors (Lipinski definition) is 14. The molecule has 2 amide bonds. The van der Waals surface area contributed by atoms with Crippen LogP contribution in [-0.2, 0) is 15.8 Å². The van der Waals surface area contributed by atoms with Crippen LogP contribution in [0.4, 0.5) is 24.7 Å². The number of nitrogens with zero attached hydrogens (tertiary/aromatic N) is 4. The number of unbranched alkanes of at least 4 members (excludes halogenated alkanes) is 2. The summed E-state index contributed by atoms with van der Waals surface area (Å²) in [6.45, 7) is 5.13. The third-order valence-electron chi connectivity index (χ3n) is 11.7. The molecule has 60 heavy (non-hydrogen) atoms. The van der Waals surface area contributed by atoms with Gasteiger partial charge in [-0.3, -0.25) is 24.7 Å². The Morgan fingerprint density at radius 3 is 2.58 bits per heavy atom. The number of anilines is 2. The largest absolute Gasteiger partial charge is 0.493 e. The number of piperidine rings is 1. The van der Waals surface area contributed by atoms with Crippen LogP contribution in [0.15, 0.2) is 54.3 Å². The van der Waals surface area contributed by atoms with Crippen molar-refractivity contribution < 1.29 is 47.6 Å². The van der Waals surface area contributed by atoms with E-state index in [0.717, 1.165) is 36.3 Å². The number of hydrogen-bond donors (Lipinski definition) is 7. The number of carbonyl (C=O) groups is 2. The van der Waals surface area contributed by atoms with Crippen LogP contribution in [0.1, 0.15) is 74.9 Å². The highest BCUT2D eigenvalue weighted by Gasteiger charge is 2.53. The van der Waals surface area contributed by atoms with Crippen molar-refractivity contribution in [3.05, 3.63) is 71.2 Å². The zero-order valence-corrected chi connectivity index (χ0v) is 33.8. The molecule has 18 heteroatoms. The zero-order chi connectivity index (χ0) is 42.9. The minimum Gasteiger partial charge on any atom is -0.493 e. The monoisotopic (exact) mass is 838 g/mol. The van der Waals surface area contributed by atoms with E-state index < -0.39 is 54.3 Å². The number of rotatable bonds is 15. The Bertz CT molecular complexity index is 2140. The highest BCUT2D eigenvalue weighted by atomic mass is 19.4. The first-order chi connectivity index (χ1) is 28.6. The van der Waals surface area contributed by atoms with Crippen molar-refractivity contribution in [1.82, 2.24) is 30.4 Å². The molecule has 8 atom stereocenters. The van der Waals surface area contributed by atoms with Gasteiger partial charge < -0.3 is 41.2 Å². The lowest BCUT2D eigenvalue weighted by atomic mass is 9.88. The van der Waals surface area contributed by atoms with E-state index in [-0.39, 0.29) is 23.6 Å². The third-order valence-corrected chi connectivity index (χ3v) is 11.7. The molecule has 6 unspecified atom stereocenters. The number of benzene rings is 2. The van der Waals surface area contributed by atoms with E-state index >= 15 is 0 Å². The molecule has 8 N–H and O–H groups in total. The Balaban J connectivity index is 0.899. The number of likely N-dealkylation sites (tertiary alicyclic amines) is 2. The Kier molecular flexibility index (Phi) is 12.9.